The monoisotopic (exact) mass is 335 g/mol. The van der Waals surface area contributed by atoms with Gasteiger partial charge in [-0.3, -0.25) is 0 Å². The first kappa shape index (κ1) is 15.1. The summed E-state index contributed by atoms with van der Waals surface area (Å²) in [7, 11) is -3.26. The highest BCUT2D eigenvalue weighted by molar-refractivity contribution is 7.91. The second-order valence-corrected chi connectivity index (χ2v) is 7.52. The molecule has 114 valence electrons. The molecule has 0 saturated carbocycles. The Bertz CT molecular complexity index is 817. The van der Waals surface area contributed by atoms with Crippen molar-refractivity contribution in [2.45, 2.75) is 17.9 Å². The van der Waals surface area contributed by atoms with Crippen molar-refractivity contribution in [2.24, 2.45) is 5.16 Å². The van der Waals surface area contributed by atoms with Crippen LogP contribution in [0.4, 0.5) is 0 Å². The molecule has 1 heterocycles. The maximum atomic E-state index is 12.1. The summed E-state index contributed by atoms with van der Waals surface area (Å²) in [5.74, 6) is 0.0369. The highest BCUT2D eigenvalue weighted by Crippen LogP contribution is 2.28. The summed E-state index contributed by atoms with van der Waals surface area (Å²) in [6, 6.07) is 14.4. The molecule has 1 aliphatic heterocycles. The molecule has 0 radical (unpaired) electrons. The lowest BCUT2D eigenvalue weighted by atomic mass is 10.1. The first-order valence-electron chi connectivity index (χ1n) is 6.82. The molecule has 6 heteroatoms. The van der Waals surface area contributed by atoms with Gasteiger partial charge in [0.1, 0.15) is 6.61 Å². The van der Waals surface area contributed by atoms with Crippen LogP contribution < -0.4 is 0 Å². The average Bonchev–Trinajstić information content (AvgIpc) is 2.50. The first-order valence-corrected chi connectivity index (χ1v) is 8.85. The van der Waals surface area contributed by atoms with Crippen LogP contribution in [0, 0.1) is 0 Å². The molecule has 2 aromatic rings. The zero-order chi connectivity index (χ0) is 15.6. The van der Waals surface area contributed by atoms with Gasteiger partial charge in [-0.15, -0.1) is 0 Å². The van der Waals surface area contributed by atoms with Crippen LogP contribution in [0.5, 0.6) is 0 Å². The number of halogens is 1. The van der Waals surface area contributed by atoms with Crippen LogP contribution in [-0.4, -0.2) is 19.9 Å². The van der Waals surface area contributed by atoms with Gasteiger partial charge in [0.2, 0.25) is 0 Å². The summed E-state index contributed by atoms with van der Waals surface area (Å²) in [6.07, 6.45) is 0.324. The van der Waals surface area contributed by atoms with Crippen LogP contribution in [0.3, 0.4) is 0 Å². The lowest BCUT2D eigenvalue weighted by Crippen LogP contribution is -2.22. The van der Waals surface area contributed by atoms with Crippen molar-refractivity contribution in [2.75, 3.05) is 5.75 Å². The lowest BCUT2D eigenvalue weighted by molar-refractivity contribution is 0.130. The molecule has 2 aromatic carbocycles. The normalized spacial score (nSPS) is 18.0. The smallest absolute Gasteiger partial charge is 0.179 e. The van der Waals surface area contributed by atoms with Crippen molar-refractivity contribution in [3.05, 3.63) is 64.7 Å². The van der Waals surface area contributed by atoms with Crippen LogP contribution in [0.2, 0.25) is 5.02 Å². The van der Waals surface area contributed by atoms with Crippen LogP contribution in [0.15, 0.2) is 58.6 Å². The van der Waals surface area contributed by atoms with E-state index < -0.39 is 9.84 Å². The summed E-state index contributed by atoms with van der Waals surface area (Å²) in [5.41, 5.74) is 2.15. The minimum atomic E-state index is -3.26. The van der Waals surface area contributed by atoms with E-state index in [1.807, 2.05) is 30.3 Å². The minimum absolute atomic E-state index is 0.0369. The van der Waals surface area contributed by atoms with Crippen LogP contribution in [0.1, 0.15) is 17.5 Å². The molecular formula is C16H14ClNO3S. The fraction of sp³-hybridized carbons (Fsp3) is 0.188. The molecule has 1 aliphatic rings. The second-order valence-electron chi connectivity index (χ2n) is 5.01. The minimum Gasteiger partial charge on any atom is -0.391 e. The van der Waals surface area contributed by atoms with E-state index in [0.717, 1.165) is 5.56 Å². The van der Waals surface area contributed by atoms with Crippen molar-refractivity contribution in [3.63, 3.8) is 0 Å². The summed E-state index contributed by atoms with van der Waals surface area (Å²) >= 11 is 5.97. The molecule has 0 bridgehead atoms. The van der Waals surface area contributed by atoms with Crippen LogP contribution >= 0.6 is 11.6 Å². The van der Waals surface area contributed by atoms with E-state index in [-0.39, 0.29) is 10.6 Å². The van der Waals surface area contributed by atoms with Crippen LogP contribution in [0.25, 0.3) is 0 Å². The van der Waals surface area contributed by atoms with Gasteiger partial charge in [0, 0.05) is 17.0 Å². The van der Waals surface area contributed by atoms with Gasteiger partial charge in [0.25, 0.3) is 0 Å². The molecule has 0 spiro atoms. The highest BCUT2D eigenvalue weighted by Gasteiger charge is 2.28. The van der Waals surface area contributed by atoms with Gasteiger partial charge in [-0.1, -0.05) is 47.1 Å². The topological polar surface area (TPSA) is 55.7 Å². The van der Waals surface area contributed by atoms with Gasteiger partial charge in [-0.05, 0) is 23.8 Å². The van der Waals surface area contributed by atoms with Crippen molar-refractivity contribution in [1.29, 1.82) is 0 Å². The van der Waals surface area contributed by atoms with E-state index in [4.69, 9.17) is 16.4 Å². The van der Waals surface area contributed by atoms with Crippen molar-refractivity contribution < 1.29 is 13.3 Å². The third kappa shape index (κ3) is 3.15. The van der Waals surface area contributed by atoms with E-state index in [1.54, 1.807) is 12.1 Å². The number of fused-ring (bicyclic) bond motifs is 1. The zero-order valence-corrected chi connectivity index (χ0v) is 13.3. The molecule has 0 fully saturated rings. The molecule has 0 atom stereocenters. The number of hydrogen-bond donors (Lipinski definition) is 0. The lowest BCUT2D eigenvalue weighted by Gasteiger charge is -2.18. The molecule has 0 amide bonds. The van der Waals surface area contributed by atoms with Crippen molar-refractivity contribution in [1.82, 2.24) is 0 Å². The first-order chi connectivity index (χ1) is 10.6. The molecule has 0 saturated heterocycles. The number of benzene rings is 2. The van der Waals surface area contributed by atoms with Gasteiger partial charge in [0.15, 0.2) is 9.84 Å². The Kier molecular flexibility index (Phi) is 4.18. The number of sulfone groups is 1. The van der Waals surface area contributed by atoms with E-state index in [0.29, 0.717) is 29.3 Å². The average molecular weight is 336 g/mol. The number of oxime groups is 1. The highest BCUT2D eigenvalue weighted by atomic mass is 35.5. The molecule has 0 aromatic heterocycles. The standard InChI is InChI=1S/C16H14ClNO3S/c17-13-6-7-16-14(10-13)15(8-9-22(16,19)20)18-21-11-12-4-2-1-3-5-12/h1-7,10H,8-9,11H2. The quantitative estimate of drug-likeness (QED) is 0.807. The van der Waals surface area contributed by atoms with E-state index in [9.17, 15) is 8.42 Å². The third-order valence-corrected chi connectivity index (χ3v) is 5.45. The predicted octanol–water partition coefficient (Wildman–Crippen LogP) is 3.44. The fourth-order valence-corrected chi connectivity index (χ4v) is 3.97. The number of nitrogens with zero attached hydrogens (tertiary/aromatic N) is 1. The Morgan fingerprint density at radius 1 is 1.14 bits per heavy atom. The molecular weight excluding hydrogens is 322 g/mol. The molecule has 0 N–H and O–H groups in total. The summed E-state index contributed by atoms with van der Waals surface area (Å²) in [5, 5.41) is 4.60. The number of rotatable bonds is 3. The Labute approximate surface area is 134 Å². The molecule has 0 aliphatic carbocycles. The van der Waals surface area contributed by atoms with Crippen LogP contribution in [-0.2, 0) is 21.3 Å². The second kappa shape index (κ2) is 6.10. The van der Waals surface area contributed by atoms with Crippen molar-refractivity contribution in [3.8, 4) is 0 Å². The van der Waals surface area contributed by atoms with Crippen molar-refractivity contribution >= 4 is 27.1 Å². The molecule has 3 rings (SSSR count). The third-order valence-electron chi connectivity index (χ3n) is 3.44. The SMILES string of the molecule is O=S1(=O)CCC(=NOCc2ccccc2)c2cc(Cl)ccc21. The predicted molar refractivity (Wildman–Crippen MR) is 85.9 cm³/mol. The molecule has 0 unspecified atom stereocenters. The Balaban J connectivity index is 1.86. The van der Waals surface area contributed by atoms with E-state index >= 15 is 0 Å². The fourth-order valence-electron chi connectivity index (χ4n) is 2.33. The van der Waals surface area contributed by atoms with E-state index in [1.165, 1.54) is 6.07 Å². The Morgan fingerprint density at radius 3 is 2.68 bits per heavy atom. The van der Waals surface area contributed by atoms with Gasteiger partial charge in [-0.25, -0.2) is 8.42 Å². The molecule has 22 heavy (non-hydrogen) atoms. The van der Waals surface area contributed by atoms with Gasteiger partial charge in [0.05, 0.1) is 16.4 Å². The Hall–Kier alpha value is -1.85. The van der Waals surface area contributed by atoms with Gasteiger partial charge in [-0.2, -0.15) is 0 Å². The maximum absolute atomic E-state index is 12.1. The summed E-state index contributed by atoms with van der Waals surface area (Å²) in [6.45, 7) is 0.340. The van der Waals surface area contributed by atoms with Gasteiger partial charge >= 0.3 is 0 Å². The number of hydrogen-bond acceptors (Lipinski definition) is 4. The summed E-state index contributed by atoms with van der Waals surface area (Å²) < 4.78 is 24.2. The van der Waals surface area contributed by atoms with E-state index in [2.05, 4.69) is 5.16 Å². The Morgan fingerprint density at radius 2 is 1.91 bits per heavy atom. The van der Waals surface area contributed by atoms with Gasteiger partial charge < -0.3 is 4.84 Å². The maximum Gasteiger partial charge on any atom is 0.179 e. The molecule has 4 nitrogen and oxygen atoms in total. The summed E-state index contributed by atoms with van der Waals surface area (Å²) in [4.78, 5) is 5.64. The largest absolute Gasteiger partial charge is 0.391 e. The zero-order valence-electron chi connectivity index (χ0n) is 11.7.